The van der Waals surface area contributed by atoms with Crippen molar-refractivity contribution in [3.05, 3.63) is 0 Å². The lowest BCUT2D eigenvalue weighted by Gasteiger charge is -2.28. The van der Waals surface area contributed by atoms with Gasteiger partial charge in [-0.2, -0.15) is 0 Å². The van der Waals surface area contributed by atoms with Crippen molar-refractivity contribution >= 4 is 0 Å². The third kappa shape index (κ3) is 3.25. The number of hydrogen-bond acceptors (Lipinski definition) is 2. The molecule has 1 saturated heterocycles. The average molecular weight is 197 g/mol. The van der Waals surface area contributed by atoms with E-state index >= 15 is 0 Å². The van der Waals surface area contributed by atoms with E-state index in [9.17, 15) is 0 Å². The van der Waals surface area contributed by atoms with E-state index in [1.54, 1.807) is 0 Å². The van der Waals surface area contributed by atoms with Crippen LogP contribution in [-0.2, 0) is 4.74 Å². The highest BCUT2D eigenvalue weighted by Crippen LogP contribution is 2.24. The fourth-order valence-corrected chi connectivity index (χ4v) is 2.72. The maximum atomic E-state index is 5.47. The monoisotopic (exact) mass is 197 g/mol. The van der Waals surface area contributed by atoms with Gasteiger partial charge in [-0.1, -0.05) is 19.3 Å². The maximum absolute atomic E-state index is 5.47. The van der Waals surface area contributed by atoms with Gasteiger partial charge in [-0.25, -0.2) is 0 Å². The van der Waals surface area contributed by atoms with Gasteiger partial charge in [0.1, 0.15) is 0 Å². The van der Waals surface area contributed by atoms with Crippen LogP contribution in [0.15, 0.2) is 0 Å². The van der Waals surface area contributed by atoms with Crippen molar-refractivity contribution in [3.8, 4) is 0 Å². The van der Waals surface area contributed by atoms with E-state index in [4.69, 9.17) is 4.74 Å². The minimum Gasteiger partial charge on any atom is -0.380 e. The lowest BCUT2D eigenvalue weighted by atomic mass is 9.89. The van der Waals surface area contributed by atoms with Crippen LogP contribution >= 0.6 is 0 Å². The Labute approximate surface area is 87.6 Å². The fraction of sp³-hybridized carbons (Fsp3) is 1.00. The van der Waals surface area contributed by atoms with Crippen molar-refractivity contribution in [2.75, 3.05) is 32.8 Å². The standard InChI is InChI=1S/C12H23NO/c1-2-5-12(6-3-1)11-13-7-4-9-14-10-8-13/h12H,1-11H2. The number of hydrogen-bond donors (Lipinski definition) is 0. The fourth-order valence-electron chi connectivity index (χ4n) is 2.72. The van der Waals surface area contributed by atoms with Gasteiger partial charge in [-0.15, -0.1) is 0 Å². The van der Waals surface area contributed by atoms with Crippen LogP contribution < -0.4 is 0 Å². The van der Waals surface area contributed by atoms with Crippen LogP contribution in [0.4, 0.5) is 0 Å². The first-order valence-corrected chi connectivity index (χ1v) is 6.25. The molecule has 0 aromatic rings. The van der Waals surface area contributed by atoms with Gasteiger partial charge in [0.05, 0.1) is 6.61 Å². The largest absolute Gasteiger partial charge is 0.380 e. The van der Waals surface area contributed by atoms with Gasteiger partial charge in [-0.3, -0.25) is 0 Å². The Morgan fingerprint density at radius 2 is 1.79 bits per heavy atom. The van der Waals surface area contributed by atoms with Crippen molar-refractivity contribution in [2.24, 2.45) is 5.92 Å². The molecule has 1 aliphatic heterocycles. The van der Waals surface area contributed by atoms with Crippen LogP contribution in [-0.4, -0.2) is 37.7 Å². The molecule has 0 bridgehead atoms. The molecule has 0 spiro atoms. The lowest BCUT2D eigenvalue weighted by molar-refractivity contribution is 0.135. The summed E-state index contributed by atoms with van der Waals surface area (Å²) in [5.74, 6) is 0.988. The minimum atomic E-state index is 0.951. The molecule has 0 unspecified atom stereocenters. The topological polar surface area (TPSA) is 12.5 Å². The summed E-state index contributed by atoms with van der Waals surface area (Å²) in [5.41, 5.74) is 0. The molecule has 82 valence electrons. The van der Waals surface area contributed by atoms with Crippen LogP contribution in [0.1, 0.15) is 38.5 Å². The number of ether oxygens (including phenoxy) is 1. The average Bonchev–Trinajstić information content (AvgIpc) is 2.48. The quantitative estimate of drug-likeness (QED) is 0.673. The maximum Gasteiger partial charge on any atom is 0.0593 e. The summed E-state index contributed by atoms with van der Waals surface area (Å²) in [6.07, 6.45) is 8.57. The van der Waals surface area contributed by atoms with Crippen molar-refractivity contribution < 1.29 is 4.74 Å². The Morgan fingerprint density at radius 1 is 0.929 bits per heavy atom. The van der Waals surface area contributed by atoms with Crippen LogP contribution in [0.5, 0.6) is 0 Å². The summed E-state index contributed by atoms with van der Waals surface area (Å²) in [6.45, 7) is 5.68. The first-order chi connectivity index (χ1) is 6.95. The molecule has 0 N–H and O–H groups in total. The number of rotatable bonds is 2. The first kappa shape index (κ1) is 10.4. The van der Waals surface area contributed by atoms with E-state index in [-0.39, 0.29) is 0 Å². The Balaban J connectivity index is 1.71. The molecule has 1 heterocycles. The van der Waals surface area contributed by atoms with Crippen molar-refractivity contribution in [3.63, 3.8) is 0 Å². The van der Waals surface area contributed by atoms with E-state index in [1.807, 2.05) is 0 Å². The Bertz CT molecular complexity index is 146. The predicted molar refractivity (Wildman–Crippen MR) is 58.5 cm³/mol. The second-order valence-corrected chi connectivity index (χ2v) is 4.77. The van der Waals surface area contributed by atoms with Gasteiger partial charge in [0.25, 0.3) is 0 Å². The molecule has 1 saturated carbocycles. The van der Waals surface area contributed by atoms with Gasteiger partial charge in [0.15, 0.2) is 0 Å². The van der Waals surface area contributed by atoms with Crippen LogP contribution in [0.25, 0.3) is 0 Å². The molecule has 14 heavy (non-hydrogen) atoms. The Morgan fingerprint density at radius 3 is 2.64 bits per heavy atom. The highest BCUT2D eigenvalue weighted by atomic mass is 16.5. The summed E-state index contributed by atoms with van der Waals surface area (Å²) < 4.78 is 5.47. The second-order valence-electron chi connectivity index (χ2n) is 4.77. The molecule has 1 aliphatic carbocycles. The zero-order valence-corrected chi connectivity index (χ0v) is 9.21. The zero-order chi connectivity index (χ0) is 9.64. The van der Waals surface area contributed by atoms with Crippen LogP contribution in [0.3, 0.4) is 0 Å². The van der Waals surface area contributed by atoms with Gasteiger partial charge in [-0.05, 0) is 25.2 Å². The molecule has 0 atom stereocenters. The summed E-state index contributed by atoms with van der Waals surface area (Å²) in [6, 6.07) is 0. The van der Waals surface area contributed by atoms with Crippen molar-refractivity contribution in [1.82, 2.24) is 4.90 Å². The van der Waals surface area contributed by atoms with E-state index in [0.717, 1.165) is 25.7 Å². The van der Waals surface area contributed by atoms with Crippen molar-refractivity contribution in [2.45, 2.75) is 38.5 Å². The molecule has 2 aliphatic rings. The van der Waals surface area contributed by atoms with Crippen LogP contribution in [0, 0.1) is 5.92 Å². The van der Waals surface area contributed by atoms with Gasteiger partial charge >= 0.3 is 0 Å². The molecule has 2 nitrogen and oxygen atoms in total. The SMILES string of the molecule is C1CCC(CN2CCCOCC2)CC1. The van der Waals surface area contributed by atoms with Gasteiger partial charge < -0.3 is 9.64 Å². The third-order valence-corrected chi connectivity index (χ3v) is 3.56. The van der Waals surface area contributed by atoms with E-state index < -0.39 is 0 Å². The highest BCUT2D eigenvalue weighted by molar-refractivity contribution is 4.71. The van der Waals surface area contributed by atoms with Gasteiger partial charge in [0.2, 0.25) is 0 Å². The summed E-state index contributed by atoms with van der Waals surface area (Å²) in [7, 11) is 0. The third-order valence-electron chi connectivity index (χ3n) is 3.56. The Hall–Kier alpha value is -0.0800. The number of nitrogens with zero attached hydrogens (tertiary/aromatic N) is 1. The zero-order valence-electron chi connectivity index (χ0n) is 9.21. The summed E-state index contributed by atoms with van der Waals surface area (Å²) in [4.78, 5) is 2.61. The molecular weight excluding hydrogens is 174 g/mol. The molecule has 0 radical (unpaired) electrons. The molecule has 0 amide bonds. The molecule has 0 aromatic carbocycles. The minimum absolute atomic E-state index is 0.951. The van der Waals surface area contributed by atoms with E-state index in [2.05, 4.69) is 4.90 Å². The molecule has 2 fully saturated rings. The molecule has 0 aromatic heterocycles. The van der Waals surface area contributed by atoms with E-state index in [0.29, 0.717) is 0 Å². The smallest absolute Gasteiger partial charge is 0.0593 e. The molecular formula is C12H23NO. The van der Waals surface area contributed by atoms with Crippen LogP contribution in [0.2, 0.25) is 0 Å². The molecule has 2 rings (SSSR count). The lowest BCUT2D eigenvalue weighted by Crippen LogP contribution is -2.32. The van der Waals surface area contributed by atoms with Gasteiger partial charge in [0, 0.05) is 26.2 Å². The molecule has 2 heteroatoms. The predicted octanol–water partition coefficient (Wildman–Crippen LogP) is 2.29. The Kier molecular flexibility index (Phi) is 4.26. The second kappa shape index (κ2) is 5.72. The van der Waals surface area contributed by atoms with E-state index in [1.165, 1.54) is 51.6 Å². The summed E-state index contributed by atoms with van der Waals surface area (Å²) in [5, 5.41) is 0. The highest BCUT2D eigenvalue weighted by Gasteiger charge is 2.17. The summed E-state index contributed by atoms with van der Waals surface area (Å²) >= 11 is 0. The first-order valence-electron chi connectivity index (χ1n) is 6.25. The van der Waals surface area contributed by atoms with Crippen molar-refractivity contribution in [1.29, 1.82) is 0 Å². The normalized spacial score (nSPS) is 27.4.